The van der Waals surface area contributed by atoms with Crippen molar-refractivity contribution in [3.05, 3.63) is 72.0 Å². The number of hydrazine groups is 1. The third kappa shape index (κ3) is 3.50. The summed E-state index contributed by atoms with van der Waals surface area (Å²) < 4.78 is 0. The van der Waals surface area contributed by atoms with Crippen molar-refractivity contribution in [3.63, 3.8) is 0 Å². The van der Waals surface area contributed by atoms with E-state index in [2.05, 4.69) is 32.9 Å². The third-order valence-corrected chi connectivity index (χ3v) is 5.02. The summed E-state index contributed by atoms with van der Waals surface area (Å²) in [6, 6.07) is 14.1. The summed E-state index contributed by atoms with van der Waals surface area (Å²) in [4.78, 5) is 8.55. The van der Waals surface area contributed by atoms with Gasteiger partial charge in [-0.3, -0.25) is 4.98 Å². The molecule has 4 N–H and O–H groups in total. The Labute approximate surface area is 150 Å². The van der Waals surface area contributed by atoms with Gasteiger partial charge in [-0.05, 0) is 59.8 Å². The van der Waals surface area contributed by atoms with Gasteiger partial charge in [0.15, 0.2) is 0 Å². The zero-order valence-corrected chi connectivity index (χ0v) is 14.5. The number of nitrogens with two attached hydrogens (primary N) is 1. The molecule has 0 fully saturated rings. The molecule has 0 radical (unpaired) electrons. The molecule has 3 aromatic heterocycles. The normalized spacial score (nSPS) is 10.9. The summed E-state index contributed by atoms with van der Waals surface area (Å²) in [5.74, 6) is 6.23. The van der Waals surface area contributed by atoms with Gasteiger partial charge in [-0.1, -0.05) is 0 Å². The summed E-state index contributed by atoms with van der Waals surface area (Å²) in [7, 11) is 0. The van der Waals surface area contributed by atoms with E-state index in [1.165, 1.54) is 15.8 Å². The van der Waals surface area contributed by atoms with Crippen LogP contribution in [0.4, 0.5) is 17.1 Å². The van der Waals surface area contributed by atoms with E-state index in [1.807, 2.05) is 36.4 Å². The van der Waals surface area contributed by atoms with Crippen LogP contribution in [0.2, 0.25) is 0 Å². The van der Waals surface area contributed by atoms with Crippen molar-refractivity contribution < 1.29 is 0 Å². The molecule has 126 valence electrons. The second kappa shape index (κ2) is 6.96. The molecule has 3 heterocycles. The van der Waals surface area contributed by atoms with Gasteiger partial charge in [-0.15, -0.1) is 11.3 Å². The van der Waals surface area contributed by atoms with Gasteiger partial charge < -0.3 is 15.3 Å². The first-order valence-electron chi connectivity index (χ1n) is 8.12. The molecule has 0 amide bonds. The first-order chi connectivity index (χ1) is 12.3. The molecular formula is C19H19N5S. The number of rotatable bonds is 6. The number of hydrogen-bond donors (Lipinski definition) is 3. The van der Waals surface area contributed by atoms with Crippen LogP contribution in [0.15, 0.2) is 66.4 Å². The highest BCUT2D eigenvalue weighted by Crippen LogP contribution is 2.24. The molecule has 6 heteroatoms. The highest BCUT2D eigenvalue weighted by Gasteiger charge is 2.07. The Hall–Kier alpha value is -2.83. The monoisotopic (exact) mass is 349 g/mol. The van der Waals surface area contributed by atoms with Gasteiger partial charge in [0.05, 0.1) is 10.5 Å². The minimum Gasteiger partial charge on any atom is -0.355 e. The summed E-state index contributed by atoms with van der Waals surface area (Å²) in [6.07, 6.45) is 6.52. The molecule has 0 aliphatic carbocycles. The van der Waals surface area contributed by atoms with E-state index >= 15 is 0 Å². The first kappa shape index (κ1) is 15.7. The van der Waals surface area contributed by atoms with Gasteiger partial charge in [0.1, 0.15) is 0 Å². The predicted molar refractivity (Wildman–Crippen MR) is 105 cm³/mol. The van der Waals surface area contributed by atoms with Crippen LogP contribution < -0.4 is 16.2 Å². The SMILES string of the molecule is NN(CCc1c[nH]c2sccc12)c1ccc(Nc2ccncc2)cc1. The maximum atomic E-state index is 6.23. The number of hydrogen-bond acceptors (Lipinski definition) is 5. The van der Waals surface area contributed by atoms with Crippen LogP contribution in [0.1, 0.15) is 5.56 Å². The van der Waals surface area contributed by atoms with Gasteiger partial charge in [0, 0.05) is 41.9 Å². The number of thiophene rings is 1. The Balaban J connectivity index is 1.38. The lowest BCUT2D eigenvalue weighted by Gasteiger charge is -2.19. The Bertz CT molecular complexity index is 943. The molecule has 25 heavy (non-hydrogen) atoms. The summed E-state index contributed by atoms with van der Waals surface area (Å²) in [6.45, 7) is 0.764. The largest absolute Gasteiger partial charge is 0.355 e. The minimum atomic E-state index is 0.764. The minimum absolute atomic E-state index is 0.764. The molecule has 0 spiro atoms. The molecule has 0 atom stereocenters. The number of fused-ring (bicyclic) bond motifs is 1. The van der Waals surface area contributed by atoms with Crippen molar-refractivity contribution in [2.45, 2.75) is 6.42 Å². The second-order valence-corrected chi connectivity index (χ2v) is 6.74. The maximum absolute atomic E-state index is 6.23. The van der Waals surface area contributed by atoms with Gasteiger partial charge in [-0.25, -0.2) is 5.84 Å². The Kier molecular flexibility index (Phi) is 4.37. The maximum Gasteiger partial charge on any atom is 0.0999 e. The number of nitrogens with zero attached hydrogens (tertiary/aromatic N) is 2. The van der Waals surface area contributed by atoms with E-state index in [4.69, 9.17) is 5.84 Å². The van der Waals surface area contributed by atoms with Crippen LogP contribution in [0.5, 0.6) is 0 Å². The molecular weight excluding hydrogens is 330 g/mol. The Morgan fingerprint density at radius 1 is 1.04 bits per heavy atom. The fourth-order valence-electron chi connectivity index (χ4n) is 2.82. The number of nitrogens with one attached hydrogen (secondary N) is 2. The van der Waals surface area contributed by atoms with Gasteiger partial charge in [0.25, 0.3) is 0 Å². The van der Waals surface area contributed by atoms with Crippen molar-refractivity contribution in [1.29, 1.82) is 0 Å². The van der Waals surface area contributed by atoms with E-state index in [1.54, 1.807) is 28.7 Å². The molecule has 0 aliphatic heterocycles. The van der Waals surface area contributed by atoms with Crippen LogP contribution in [0, 0.1) is 0 Å². The molecule has 1 aromatic carbocycles. The lowest BCUT2D eigenvalue weighted by Crippen LogP contribution is -2.32. The highest BCUT2D eigenvalue weighted by atomic mass is 32.1. The summed E-state index contributed by atoms with van der Waals surface area (Å²) in [5.41, 5.74) is 4.34. The number of anilines is 3. The van der Waals surface area contributed by atoms with Crippen molar-refractivity contribution >= 4 is 38.6 Å². The molecule has 0 aliphatic rings. The van der Waals surface area contributed by atoms with Crippen molar-refractivity contribution in [3.8, 4) is 0 Å². The lowest BCUT2D eigenvalue weighted by atomic mass is 10.2. The van der Waals surface area contributed by atoms with E-state index in [0.717, 1.165) is 30.0 Å². The Morgan fingerprint density at radius 3 is 2.60 bits per heavy atom. The van der Waals surface area contributed by atoms with Crippen LogP contribution in [-0.2, 0) is 6.42 Å². The lowest BCUT2D eigenvalue weighted by molar-refractivity contribution is 0.827. The number of aromatic amines is 1. The molecule has 0 bridgehead atoms. The topological polar surface area (TPSA) is 70.0 Å². The molecule has 5 nitrogen and oxygen atoms in total. The summed E-state index contributed by atoms with van der Waals surface area (Å²) in [5, 5.41) is 8.54. The third-order valence-electron chi connectivity index (χ3n) is 4.18. The van der Waals surface area contributed by atoms with E-state index in [-0.39, 0.29) is 0 Å². The zero-order valence-electron chi connectivity index (χ0n) is 13.6. The zero-order chi connectivity index (χ0) is 17.1. The predicted octanol–water partition coefficient (Wildman–Crippen LogP) is 4.29. The highest BCUT2D eigenvalue weighted by molar-refractivity contribution is 7.16. The van der Waals surface area contributed by atoms with E-state index in [9.17, 15) is 0 Å². The smallest absolute Gasteiger partial charge is 0.0999 e. The van der Waals surface area contributed by atoms with E-state index in [0.29, 0.717) is 0 Å². The number of H-pyrrole nitrogens is 1. The van der Waals surface area contributed by atoms with Crippen LogP contribution in [0.25, 0.3) is 10.2 Å². The van der Waals surface area contributed by atoms with Crippen LogP contribution in [0.3, 0.4) is 0 Å². The van der Waals surface area contributed by atoms with Crippen molar-refractivity contribution in [1.82, 2.24) is 9.97 Å². The fraction of sp³-hybridized carbons (Fsp3) is 0.105. The van der Waals surface area contributed by atoms with Gasteiger partial charge in [0.2, 0.25) is 0 Å². The average Bonchev–Trinajstić information content (AvgIpc) is 3.25. The average molecular weight is 349 g/mol. The molecule has 0 saturated heterocycles. The Morgan fingerprint density at radius 2 is 1.80 bits per heavy atom. The van der Waals surface area contributed by atoms with Gasteiger partial charge >= 0.3 is 0 Å². The van der Waals surface area contributed by atoms with Gasteiger partial charge in [-0.2, -0.15) is 0 Å². The molecule has 0 unspecified atom stereocenters. The number of aromatic nitrogens is 2. The van der Waals surface area contributed by atoms with E-state index < -0.39 is 0 Å². The van der Waals surface area contributed by atoms with Crippen molar-refractivity contribution in [2.75, 3.05) is 16.9 Å². The van der Waals surface area contributed by atoms with Crippen LogP contribution in [-0.4, -0.2) is 16.5 Å². The van der Waals surface area contributed by atoms with Crippen molar-refractivity contribution in [2.24, 2.45) is 5.84 Å². The first-order valence-corrected chi connectivity index (χ1v) is 9.00. The standard InChI is InChI=1S/C19H19N5S/c20-24(11-7-14-13-22-19-18(14)8-12-25-19)17-3-1-15(2-4-17)23-16-5-9-21-10-6-16/h1-6,8-10,12-13,22H,7,11,20H2,(H,21,23). The molecule has 0 saturated carbocycles. The molecule has 4 aromatic rings. The summed E-state index contributed by atoms with van der Waals surface area (Å²) >= 11 is 1.73. The number of benzene rings is 1. The van der Waals surface area contributed by atoms with Crippen LogP contribution >= 0.6 is 11.3 Å². The fourth-order valence-corrected chi connectivity index (χ4v) is 3.61. The number of pyridine rings is 1. The quantitative estimate of drug-likeness (QED) is 0.359. The molecule has 4 rings (SSSR count). The second-order valence-electron chi connectivity index (χ2n) is 5.83.